The van der Waals surface area contributed by atoms with Crippen molar-refractivity contribution in [3.05, 3.63) is 71.4 Å². The van der Waals surface area contributed by atoms with Gasteiger partial charge in [-0.15, -0.1) is 0 Å². The summed E-state index contributed by atoms with van der Waals surface area (Å²) in [4.78, 5) is 3.65. The van der Waals surface area contributed by atoms with Crippen molar-refractivity contribution in [1.82, 2.24) is 4.98 Å². The maximum atomic E-state index is 3.65. The Bertz CT molecular complexity index is 724. The highest BCUT2D eigenvalue weighted by Gasteiger charge is 2.28. The van der Waals surface area contributed by atoms with Crippen molar-refractivity contribution >= 4 is 10.9 Å². The van der Waals surface area contributed by atoms with Gasteiger partial charge in [0.2, 0.25) is 0 Å². The highest BCUT2D eigenvalue weighted by molar-refractivity contribution is 5.83. The SMILES string of the molecule is CCC(C)(c1ccccc1)c1cc2cccc(C)c2[nH]1. The van der Waals surface area contributed by atoms with Crippen molar-refractivity contribution < 1.29 is 0 Å². The topological polar surface area (TPSA) is 15.8 Å². The van der Waals surface area contributed by atoms with Crippen molar-refractivity contribution in [2.75, 3.05) is 0 Å². The Morgan fingerprint density at radius 2 is 1.75 bits per heavy atom. The number of rotatable bonds is 3. The van der Waals surface area contributed by atoms with Crippen LogP contribution in [-0.2, 0) is 5.41 Å². The quantitative estimate of drug-likeness (QED) is 0.669. The number of para-hydroxylation sites is 1. The number of aryl methyl sites for hydroxylation is 1. The maximum Gasteiger partial charge on any atom is 0.0486 e. The van der Waals surface area contributed by atoms with E-state index in [-0.39, 0.29) is 5.41 Å². The van der Waals surface area contributed by atoms with Crippen LogP contribution in [0.1, 0.15) is 37.1 Å². The van der Waals surface area contributed by atoms with Gasteiger partial charge in [0.05, 0.1) is 0 Å². The summed E-state index contributed by atoms with van der Waals surface area (Å²) >= 11 is 0. The van der Waals surface area contributed by atoms with Gasteiger partial charge in [-0.2, -0.15) is 0 Å². The number of H-pyrrole nitrogens is 1. The van der Waals surface area contributed by atoms with Crippen molar-refractivity contribution in [1.29, 1.82) is 0 Å². The summed E-state index contributed by atoms with van der Waals surface area (Å²) in [6.07, 6.45) is 1.07. The van der Waals surface area contributed by atoms with E-state index in [0.717, 1.165) is 6.42 Å². The van der Waals surface area contributed by atoms with Gasteiger partial charge in [0.15, 0.2) is 0 Å². The van der Waals surface area contributed by atoms with Crippen molar-refractivity contribution in [3.63, 3.8) is 0 Å². The zero-order chi connectivity index (χ0) is 14.2. The molecule has 1 nitrogen and oxygen atoms in total. The van der Waals surface area contributed by atoms with Gasteiger partial charge in [-0.3, -0.25) is 0 Å². The highest BCUT2D eigenvalue weighted by Crippen LogP contribution is 2.36. The molecule has 3 rings (SSSR count). The van der Waals surface area contributed by atoms with E-state index >= 15 is 0 Å². The van der Waals surface area contributed by atoms with Gasteiger partial charge in [0.25, 0.3) is 0 Å². The normalized spacial score (nSPS) is 14.3. The molecule has 1 atom stereocenters. The number of aromatic amines is 1. The Labute approximate surface area is 120 Å². The summed E-state index contributed by atoms with van der Waals surface area (Å²) in [5, 5.41) is 1.30. The van der Waals surface area contributed by atoms with Crippen LogP contribution in [0, 0.1) is 6.92 Å². The van der Waals surface area contributed by atoms with Crippen molar-refractivity contribution in [2.45, 2.75) is 32.6 Å². The molecular formula is C19H21N. The number of fused-ring (bicyclic) bond motifs is 1. The van der Waals surface area contributed by atoms with Gasteiger partial charge in [-0.05, 0) is 42.8 Å². The minimum Gasteiger partial charge on any atom is -0.357 e. The molecule has 20 heavy (non-hydrogen) atoms. The Hall–Kier alpha value is -2.02. The summed E-state index contributed by atoms with van der Waals surface area (Å²) < 4.78 is 0. The predicted octanol–water partition coefficient (Wildman–Crippen LogP) is 5.19. The Morgan fingerprint density at radius 1 is 1.00 bits per heavy atom. The van der Waals surface area contributed by atoms with Crippen LogP contribution in [0.2, 0.25) is 0 Å². The second-order valence-electron chi connectivity index (χ2n) is 5.77. The zero-order valence-electron chi connectivity index (χ0n) is 12.4. The highest BCUT2D eigenvalue weighted by atomic mass is 14.7. The largest absolute Gasteiger partial charge is 0.357 e. The first-order chi connectivity index (χ1) is 9.65. The molecule has 1 heteroatoms. The standard InChI is InChI=1S/C19H21N/c1-4-19(3,16-11-6-5-7-12-16)17-13-15-10-8-9-14(2)18(15)20-17/h5-13,20H,4H2,1-3H3. The van der Waals surface area contributed by atoms with Crippen LogP contribution in [-0.4, -0.2) is 4.98 Å². The Kier molecular flexibility index (Phi) is 3.13. The van der Waals surface area contributed by atoms with Gasteiger partial charge in [-0.1, -0.05) is 55.5 Å². The molecule has 0 amide bonds. The first-order valence-electron chi connectivity index (χ1n) is 7.29. The molecule has 0 aliphatic heterocycles. The third-order valence-corrected chi connectivity index (χ3v) is 4.58. The third kappa shape index (κ3) is 1.94. The zero-order valence-corrected chi connectivity index (χ0v) is 12.4. The fourth-order valence-electron chi connectivity index (χ4n) is 2.96. The van der Waals surface area contributed by atoms with Gasteiger partial charge < -0.3 is 4.98 Å². The lowest BCUT2D eigenvalue weighted by Gasteiger charge is -2.28. The van der Waals surface area contributed by atoms with Crippen LogP contribution in [0.5, 0.6) is 0 Å². The molecule has 1 heterocycles. The third-order valence-electron chi connectivity index (χ3n) is 4.58. The molecule has 102 valence electrons. The minimum absolute atomic E-state index is 0.0344. The van der Waals surface area contributed by atoms with Gasteiger partial charge in [0, 0.05) is 16.6 Å². The number of hydrogen-bond donors (Lipinski definition) is 1. The number of nitrogens with one attached hydrogen (secondary N) is 1. The van der Waals surface area contributed by atoms with E-state index in [4.69, 9.17) is 0 Å². The first kappa shape index (κ1) is 13.0. The van der Waals surface area contributed by atoms with Crippen LogP contribution in [0.25, 0.3) is 10.9 Å². The van der Waals surface area contributed by atoms with Gasteiger partial charge >= 0.3 is 0 Å². The summed E-state index contributed by atoms with van der Waals surface area (Å²) in [6.45, 7) is 6.74. The first-order valence-corrected chi connectivity index (χ1v) is 7.29. The molecule has 2 aromatic carbocycles. The number of benzene rings is 2. The molecule has 0 bridgehead atoms. The molecule has 0 saturated heterocycles. The monoisotopic (exact) mass is 263 g/mol. The average Bonchev–Trinajstić information content (AvgIpc) is 2.93. The smallest absolute Gasteiger partial charge is 0.0486 e. The summed E-state index contributed by atoms with van der Waals surface area (Å²) in [6, 6.07) is 19.5. The van der Waals surface area contributed by atoms with Gasteiger partial charge in [0.1, 0.15) is 0 Å². The molecule has 0 saturated carbocycles. The van der Waals surface area contributed by atoms with Crippen molar-refractivity contribution in [3.8, 4) is 0 Å². The van der Waals surface area contributed by atoms with E-state index < -0.39 is 0 Å². The summed E-state index contributed by atoms with van der Waals surface area (Å²) in [5.74, 6) is 0. The molecule has 1 N–H and O–H groups in total. The van der Waals surface area contributed by atoms with Crippen LogP contribution in [0.4, 0.5) is 0 Å². The maximum absolute atomic E-state index is 3.65. The van der Waals surface area contributed by atoms with Crippen LogP contribution in [0.15, 0.2) is 54.6 Å². The molecule has 1 unspecified atom stereocenters. The molecule has 0 fully saturated rings. The van der Waals surface area contributed by atoms with Crippen LogP contribution >= 0.6 is 0 Å². The number of aromatic nitrogens is 1. The molecule has 0 aliphatic carbocycles. The lowest BCUT2D eigenvalue weighted by Crippen LogP contribution is -2.22. The van der Waals surface area contributed by atoms with Gasteiger partial charge in [-0.25, -0.2) is 0 Å². The second-order valence-corrected chi connectivity index (χ2v) is 5.77. The predicted molar refractivity (Wildman–Crippen MR) is 86.2 cm³/mol. The minimum atomic E-state index is 0.0344. The fraction of sp³-hybridized carbons (Fsp3) is 0.263. The van der Waals surface area contributed by atoms with E-state index in [9.17, 15) is 0 Å². The van der Waals surface area contributed by atoms with Crippen molar-refractivity contribution in [2.24, 2.45) is 0 Å². The molecule has 0 aliphatic rings. The molecule has 3 aromatic rings. The molecule has 1 aromatic heterocycles. The summed E-state index contributed by atoms with van der Waals surface area (Å²) in [5.41, 5.74) is 5.27. The Balaban J connectivity index is 2.19. The van der Waals surface area contributed by atoms with Crippen LogP contribution < -0.4 is 0 Å². The Morgan fingerprint density at radius 3 is 2.40 bits per heavy atom. The molecular weight excluding hydrogens is 242 g/mol. The molecule has 0 radical (unpaired) electrons. The number of hydrogen-bond acceptors (Lipinski definition) is 0. The van der Waals surface area contributed by atoms with E-state index in [0.29, 0.717) is 0 Å². The van der Waals surface area contributed by atoms with E-state index in [1.807, 2.05) is 0 Å². The fourth-order valence-corrected chi connectivity index (χ4v) is 2.96. The van der Waals surface area contributed by atoms with Crippen LogP contribution in [0.3, 0.4) is 0 Å². The average molecular weight is 263 g/mol. The molecule has 0 spiro atoms. The lowest BCUT2D eigenvalue weighted by molar-refractivity contribution is 0.537. The van der Waals surface area contributed by atoms with E-state index in [2.05, 4.69) is 80.4 Å². The summed E-state index contributed by atoms with van der Waals surface area (Å²) in [7, 11) is 0. The van der Waals surface area contributed by atoms with E-state index in [1.54, 1.807) is 0 Å². The lowest BCUT2D eigenvalue weighted by atomic mass is 9.77. The van der Waals surface area contributed by atoms with E-state index in [1.165, 1.54) is 27.7 Å². The second kappa shape index (κ2) is 4.82.